The molecule has 1 aliphatic carbocycles. The number of carbonyl (C=O) groups excluding carboxylic acids is 1. The van der Waals surface area contributed by atoms with Crippen molar-refractivity contribution in [3.63, 3.8) is 0 Å². The Labute approximate surface area is 215 Å². The number of nitrogens with one attached hydrogen (secondary N) is 2. The topological polar surface area (TPSA) is 84.3 Å². The second kappa shape index (κ2) is 9.10. The highest BCUT2D eigenvalue weighted by molar-refractivity contribution is 6.32. The summed E-state index contributed by atoms with van der Waals surface area (Å²) >= 11 is 6.04. The Hall–Kier alpha value is -3.64. The fourth-order valence-corrected chi connectivity index (χ4v) is 5.38. The maximum absolute atomic E-state index is 12.9. The molecule has 0 radical (unpaired) electrons. The number of hydrogen-bond acceptors (Lipinski definition) is 4. The third-order valence-electron chi connectivity index (χ3n) is 7.16. The highest BCUT2D eigenvalue weighted by atomic mass is 35.5. The zero-order valence-corrected chi connectivity index (χ0v) is 21.2. The van der Waals surface area contributed by atoms with Gasteiger partial charge in [0.15, 0.2) is 0 Å². The van der Waals surface area contributed by atoms with Gasteiger partial charge in [0, 0.05) is 28.9 Å². The number of halogens is 1. The molecule has 6 nitrogen and oxygen atoms in total. The number of nitro benzene ring substituents is 1. The van der Waals surface area contributed by atoms with Crippen LogP contribution in [0.5, 0.6) is 0 Å². The van der Waals surface area contributed by atoms with Gasteiger partial charge in [-0.15, -0.1) is 0 Å². The largest absolute Gasteiger partial charge is 0.378 e. The van der Waals surface area contributed by atoms with E-state index in [1.165, 1.54) is 5.56 Å². The molecule has 7 heteroatoms. The fourth-order valence-electron chi connectivity index (χ4n) is 5.19. The van der Waals surface area contributed by atoms with E-state index >= 15 is 0 Å². The highest BCUT2D eigenvalue weighted by Gasteiger charge is 2.38. The molecule has 0 aromatic heterocycles. The van der Waals surface area contributed by atoms with Gasteiger partial charge in [-0.05, 0) is 70.8 Å². The third kappa shape index (κ3) is 4.49. The second-order valence-electron chi connectivity index (χ2n) is 10.5. The van der Waals surface area contributed by atoms with Crippen LogP contribution in [-0.4, -0.2) is 10.8 Å². The van der Waals surface area contributed by atoms with E-state index in [1.807, 2.05) is 48.5 Å². The number of anilines is 2. The van der Waals surface area contributed by atoms with Gasteiger partial charge in [-0.2, -0.15) is 0 Å². The van der Waals surface area contributed by atoms with Crippen LogP contribution in [0.15, 0.2) is 72.8 Å². The summed E-state index contributed by atoms with van der Waals surface area (Å²) in [7, 11) is 0. The zero-order valence-electron chi connectivity index (χ0n) is 20.4. The summed E-state index contributed by atoms with van der Waals surface area (Å²) in [5, 5.41) is 18.2. The minimum absolute atomic E-state index is 0.0284. The van der Waals surface area contributed by atoms with Crippen LogP contribution in [0.2, 0.25) is 5.02 Å². The Morgan fingerprint density at radius 1 is 1.08 bits per heavy atom. The van der Waals surface area contributed by atoms with Gasteiger partial charge in [-0.3, -0.25) is 14.9 Å². The van der Waals surface area contributed by atoms with Crippen LogP contribution in [-0.2, 0) is 5.41 Å². The van der Waals surface area contributed by atoms with E-state index in [0.717, 1.165) is 28.9 Å². The van der Waals surface area contributed by atoms with Crippen LogP contribution in [0.3, 0.4) is 0 Å². The molecular weight excluding hydrogens is 474 g/mol. The first kappa shape index (κ1) is 24.1. The molecule has 5 rings (SSSR count). The lowest BCUT2D eigenvalue weighted by atomic mass is 9.77. The molecule has 2 aliphatic rings. The molecule has 36 heavy (non-hydrogen) atoms. The van der Waals surface area contributed by atoms with Gasteiger partial charge in [0.2, 0.25) is 0 Å². The SMILES string of the molecule is CC(C)(C)c1ccc(C(=O)Nc2ccc3c(c2)C2C=CCC2C(c2ccc(Cl)c([N+](=O)[O-])c2)N3)cc1. The Morgan fingerprint density at radius 2 is 1.83 bits per heavy atom. The number of carbonyl (C=O) groups is 1. The smallest absolute Gasteiger partial charge is 0.288 e. The van der Waals surface area contributed by atoms with Crippen LogP contribution < -0.4 is 10.6 Å². The lowest BCUT2D eigenvalue weighted by Crippen LogP contribution is -2.29. The van der Waals surface area contributed by atoms with Crippen LogP contribution in [0.1, 0.15) is 66.2 Å². The average molecular weight is 502 g/mol. The van der Waals surface area contributed by atoms with E-state index in [0.29, 0.717) is 5.56 Å². The molecule has 0 fully saturated rings. The molecule has 3 unspecified atom stereocenters. The fraction of sp³-hybridized carbons (Fsp3) is 0.276. The van der Waals surface area contributed by atoms with Gasteiger partial charge in [0.1, 0.15) is 5.02 Å². The first-order valence-electron chi connectivity index (χ1n) is 12.0. The van der Waals surface area contributed by atoms with Crippen molar-refractivity contribution < 1.29 is 9.72 Å². The maximum atomic E-state index is 12.9. The summed E-state index contributed by atoms with van der Waals surface area (Å²) in [6.45, 7) is 6.44. The van der Waals surface area contributed by atoms with E-state index in [4.69, 9.17) is 11.6 Å². The van der Waals surface area contributed by atoms with Gasteiger partial charge in [-0.25, -0.2) is 0 Å². The molecule has 3 aromatic carbocycles. The third-order valence-corrected chi connectivity index (χ3v) is 7.48. The lowest BCUT2D eigenvalue weighted by molar-refractivity contribution is -0.384. The molecular formula is C29H28ClN3O3. The van der Waals surface area contributed by atoms with Crippen molar-refractivity contribution in [1.29, 1.82) is 0 Å². The van der Waals surface area contributed by atoms with E-state index in [-0.39, 0.29) is 39.9 Å². The molecule has 0 bridgehead atoms. The first-order chi connectivity index (χ1) is 17.1. The summed E-state index contributed by atoms with van der Waals surface area (Å²) < 4.78 is 0. The van der Waals surface area contributed by atoms with Crippen molar-refractivity contribution in [3.05, 3.63) is 110 Å². The minimum atomic E-state index is -0.446. The molecule has 3 aromatic rings. The number of amides is 1. The summed E-state index contributed by atoms with van der Waals surface area (Å²) in [4.78, 5) is 23.9. The van der Waals surface area contributed by atoms with Gasteiger partial charge in [-0.1, -0.05) is 62.7 Å². The molecule has 1 aliphatic heterocycles. The number of benzene rings is 3. The van der Waals surface area contributed by atoms with Crippen molar-refractivity contribution in [2.75, 3.05) is 10.6 Å². The first-order valence-corrected chi connectivity index (χ1v) is 12.4. The van der Waals surface area contributed by atoms with Crippen molar-refractivity contribution in [3.8, 4) is 0 Å². The van der Waals surface area contributed by atoms with Crippen LogP contribution in [0.4, 0.5) is 17.1 Å². The number of allylic oxidation sites excluding steroid dienone is 2. The standard InChI is InChI=1S/C29H28ClN3O3/c1-29(2,3)19-10-7-17(8-11-19)28(34)31-20-12-14-25-23(16-20)21-5-4-6-22(21)27(32-25)18-9-13-24(30)26(15-18)33(35)36/h4-5,7-16,21-22,27,32H,6H2,1-3H3,(H,31,34). The summed E-state index contributed by atoms with van der Waals surface area (Å²) in [5.74, 6) is 0.196. The van der Waals surface area contributed by atoms with Gasteiger partial charge in [0.25, 0.3) is 11.6 Å². The summed E-state index contributed by atoms with van der Waals surface area (Å²) in [5.41, 5.74) is 5.37. The van der Waals surface area contributed by atoms with Crippen molar-refractivity contribution in [2.24, 2.45) is 5.92 Å². The zero-order chi connectivity index (χ0) is 25.6. The van der Waals surface area contributed by atoms with E-state index < -0.39 is 4.92 Å². The number of nitrogens with zero attached hydrogens (tertiary/aromatic N) is 1. The predicted octanol–water partition coefficient (Wildman–Crippen LogP) is 7.62. The molecule has 0 spiro atoms. The minimum Gasteiger partial charge on any atom is -0.378 e. The highest BCUT2D eigenvalue weighted by Crippen LogP contribution is 2.50. The number of fused-ring (bicyclic) bond motifs is 3. The number of hydrogen-bond donors (Lipinski definition) is 2. The van der Waals surface area contributed by atoms with Crippen molar-refractivity contribution in [2.45, 2.75) is 44.6 Å². The molecule has 1 amide bonds. The predicted molar refractivity (Wildman–Crippen MR) is 144 cm³/mol. The van der Waals surface area contributed by atoms with Gasteiger partial charge < -0.3 is 10.6 Å². The van der Waals surface area contributed by atoms with Crippen LogP contribution >= 0.6 is 11.6 Å². The molecule has 3 atom stereocenters. The van der Waals surface area contributed by atoms with Crippen LogP contribution in [0, 0.1) is 16.0 Å². The monoisotopic (exact) mass is 501 g/mol. The molecule has 184 valence electrons. The van der Waals surface area contributed by atoms with Gasteiger partial charge >= 0.3 is 0 Å². The van der Waals surface area contributed by atoms with Gasteiger partial charge in [0.05, 0.1) is 11.0 Å². The van der Waals surface area contributed by atoms with Crippen molar-refractivity contribution >= 4 is 34.6 Å². The molecule has 2 N–H and O–H groups in total. The Balaban J connectivity index is 1.40. The molecule has 0 saturated heterocycles. The lowest BCUT2D eigenvalue weighted by Gasteiger charge is -2.37. The van der Waals surface area contributed by atoms with Crippen molar-refractivity contribution in [1.82, 2.24) is 0 Å². The quantitative estimate of drug-likeness (QED) is 0.219. The maximum Gasteiger partial charge on any atom is 0.288 e. The van der Waals surface area contributed by atoms with E-state index in [2.05, 4.69) is 43.6 Å². The average Bonchev–Trinajstić information content (AvgIpc) is 3.34. The number of rotatable bonds is 4. The Kier molecular flexibility index (Phi) is 6.08. The molecule has 0 saturated carbocycles. The van der Waals surface area contributed by atoms with E-state index in [9.17, 15) is 14.9 Å². The summed E-state index contributed by atoms with van der Waals surface area (Å²) in [6, 6.07) is 18.5. The number of nitro groups is 1. The second-order valence-corrected chi connectivity index (χ2v) is 10.9. The van der Waals surface area contributed by atoms with Crippen LogP contribution in [0.25, 0.3) is 0 Å². The normalized spacial score (nSPS) is 20.3. The van der Waals surface area contributed by atoms with E-state index in [1.54, 1.807) is 12.1 Å². The Bertz CT molecular complexity index is 1380. The molecule has 1 heterocycles. The summed E-state index contributed by atoms with van der Waals surface area (Å²) in [6.07, 6.45) is 5.21. The Morgan fingerprint density at radius 3 is 2.53 bits per heavy atom.